The second-order valence-electron chi connectivity index (χ2n) is 6.33. The van der Waals surface area contributed by atoms with Gasteiger partial charge in [0.25, 0.3) is 0 Å². The van der Waals surface area contributed by atoms with E-state index in [2.05, 4.69) is 20.6 Å². The van der Waals surface area contributed by atoms with Gasteiger partial charge in [0, 0.05) is 18.9 Å². The van der Waals surface area contributed by atoms with Crippen LogP contribution in [0.4, 0.5) is 11.6 Å². The minimum Gasteiger partial charge on any atom is -0.358 e. The minimum absolute atomic E-state index is 0.00345. The molecule has 0 aliphatic heterocycles. The summed E-state index contributed by atoms with van der Waals surface area (Å²) in [5.41, 5.74) is 0.514. The molecule has 0 bridgehead atoms. The molecular formula is C17H21N5O3S. The lowest BCUT2D eigenvalue weighted by atomic mass is 9.81. The summed E-state index contributed by atoms with van der Waals surface area (Å²) in [4.78, 5) is 21.2. The third-order valence-electron chi connectivity index (χ3n) is 4.68. The maximum absolute atomic E-state index is 12.5. The number of hydrogen-bond donors (Lipinski definition) is 3. The number of carbonyl (C=O) groups is 1. The van der Waals surface area contributed by atoms with Crippen molar-refractivity contribution in [1.82, 2.24) is 15.3 Å². The molecule has 1 aliphatic carbocycles. The van der Waals surface area contributed by atoms with Crippen LogP contribution in [0.2, 0.25) is 0 Å². The average molecular weight is 375 g/mol. The molecule has 26 heavy (non-hydrogen) atoms. The van der Waals surface area contributed by atoms with Crippen LogP contribution >= 0.6 is 0 Å². The van der Waals surface area contributed by atoms with Gasteiger partial charge in [0.15, 0.2) is 0 Å². The third kappa shape index (κ3) is 3.54. The fourth-order valence-corrected chi connectivity index (χ4v) is 3.94. The number of likely N-dealkylation sites (N-methyl/N-ethyl adjacent to an activating group) is 1. The summed E-state index contributed by atoms with van der Waals surface area (Å²) >= 11 is 0. The van der Waals surface area contributed by atoms with E-state index < -0.39 is 15.4 Å². The van der Waals surface area contributed by atoms with Gasteiger partial charge in [-0.05, 0) is 37.1 Å². The van der Waals surface area contributed by atoms with Crippen molar-refractivity contribution >= 4 is 27.6 Å². The van der Waals surface area contributed by atoms with E-state index >= 15 is 0 Å². The van der Waals surface area contributed by atoms with Crippen molar-refractivity contribution in [2.75, 3.05) is 12.4 Å². The topological polar surface area (TPSA) is 127 Å². The summed E-state index contributed by atoms with van der Waals surface area (Å²) in [5, 5.41) is 10.9. The van der Waals surface area contributed by atoms with E-state index in [0.717, 1.165) is 25.7 Å². The van der Waals surface area contributed by atoms with Crippen molar-refractivity contribution in [3.05, 3.63) is 42.2 Å². The van der Waals surface area contributed by atoms with E-state index in [1.54, 1.807) is 31.4 Å². The number of amides is 1. The predicted molar refractivity (Wildman–Crippen MR) is 97.3 cm³/mol. The second-order valence-corrected chi connectivity index (χ2v) is 7.89. The molecule has 3 rings (SSSR count). The summed E-state index contributed by atoms with van der Waals surface area (Å²) < 4.78 is 23.0. The number of hydrogen-bond acceptors (Lipinski definition) is 6. The summed E-state index contributed by atoms with van der Waals surface area (Å²) in [7, 11) is -2.17. The van der Waals surface area contributed by atoms with Crippen molar-refractivity contribution < 1.29 is 13.2 Å². The standard InChI is InChI=1S/C17H21N5O3S/c1-19-15(23)17(8-2-3-9-17)14-7-10-20-16(22-14)21-12-5-4-6-13(11-12)26(18,24)25/h4-7,10-11H,2-3,8-9H2,1H3,(H,19,23)(H2,18,24,25)(H,20,21,22). The highest BCUT2D eigenvalue weighted by Crippen LogP contribution is 2.40. The van der Waals surface area contributed by atoms with Gasteiger partial charge in [0.05, 0.1) is 16.0 Å². The number of anilines is 2. The molecule has 0 radical (unpaired) electrons. The second kappa shape index (κ2) is 7.00. The normalized spacial score (nSPS) is 16.2. The number of sulfonamides is 1. The molecule has 1 aromatic heterocycles. The lowest BCUT2D eigenvalue weighted by Crippen LogP contribution is -2.41. The molecular weight excluding hydrogens is 354 g/mol. The quantitative estimate of drug-likeness (QED) is 0.725. The molecule has 2 aromatic rings. The monoisotopic (exact) mass is 375 g/mol. The minimum atomic E-state index is -3.80. The van der Waals surface area contributed by atoms with Gasteiger partial charge >= 0.3 is 0 Å². The number of primary sulfonamides is 1. The van der Waals surface area contributed by atoms with Crippen molar-refractivity contribution in [2.24, 2.45) is 5.14 Å². The Hall–Kier alpha value is -2.52. The van der Waals surface area contributed by atoms with Gasteiger partial charge in [0.2, 0.25) is 21.9 Å². The number of nitrogens with two attached hydrogens (primary N) is 1. The Kier molecular flexibility index (Phi) is 4.92. The molecule has 1 fully saturated rings. The van der Waals surface area contributed by atoms with Crippen LogP contribution < -0.4 is 15.8 Å². The Morgan fingerprint density at radius 3 is 2.62 bits per heavy atom. The molecule has 8 nitrogen and oxygen atoms in total. The van der Waals surface area contributed by atoms with Gasteiger partial charge in [-0.3, -0.25) is 4.79 Å². The Morgan fingerprint density at radius 2 is 1.96 bits per heavy atom. The molecule has 138 valence electrons. The number of rotatable bonds is 5. The average Bonchev–Trinajstić information content (AvgIpc) is 3.12. The van der Waals surface area contributed by atoms with Crippen LogP contribution in [0.15, 0.2) is 41.4 Å². The van der Waals surface area contributed by atoms with E-state index in [9.17, 15) is 13.2 Å². The molecule has 1 aromatic carbocycles. The molecule has 1 heterocycles. The molecule has 4 N–H and O–H groups in total. The predicted octanol–water partition coefficient (Wildman–Crippen LogP) is 1.43. The van der Waals surface area contributed by atoms with E-state index in [4.69, 9.17) is 5.14 Å². The van der Waals surface area contributed by atoms with E-state index in [-0.39, 0.29) is 10.8 Å². The first-order chi connectivity index (χ1) is 12.3. The highest BCUT2D eigenvalue weighted by molar-refractivity contribution is 7.89. The fourth-order valence-electron chi connectivity index (χ4n) is 3.38. The van der Waals surface area contributed by atoms with Gasteiger partial charge in [-0.15, -0.1) is 0 Å². The molecule has 1 saturated carbocycles. The summed E-state index contributed by atoms with van der Waals surface area (Å²) in [6, 6.07) is 7.85. The van der Waals surface area contributed by atoms with E-state index in [1.165, 1.54) is 12.1 Å². The van der Waals surface area contributed by atoms with E-state index in [0.29, 0.717) is 17.3 Å². The van der Waals surface area contributed by atoms with Gasteiger partial charge < -0.3 is 10.6 Å². The summed E-state index contributed by atoms with van der Waals surface area (Å²) in [6.07, 6.45) is 5.01. The highest BCUT2D eigenvalue weighted by Gasteiger charge is 2.43. The maximum atomic E-state index is 12.5. The smallest absolute Gasteiger partial charge is 0.238 e. The van der Waals surface area contributed by atoms with Crippen LogP contribution in [0.25, 0.3) is 0 Å². The molecule has 0 saturated heterocycles. The van der Waals surface area contributed by atoms with Crippen molar-refractivity contribution in [3.8, 4) is 0 Å². The number of aromatic nitrogens is 2. The summed E-state index contributed by atoms with van der Waals surface area (Å²) in [5.74, 6) is 0.250. The first-order valence-corrected chi connectivity index (χ1v) is 9.85. The zero-order valence-corrected chi connectivity index (χ0v) is 15.2. The first-order valence-electron chi connectivity index (χ1n) is 8.31. The van der Waals surface area contributed by atoms with Crippen LogP contribution in [-0.4, -0.2) is 31.3 Å². The van der Waals surface area contributed by atoms with Crippen molar-refractivity contribution in [1.29, 1.82) is 0 Å². The maximum Gasteiger partial charge on any atom is 0.238 e. The zero-order chi connectivity index (χ0) is 18.8. The van der Waals surface area contributed by atoms with E-state index in [1.807, 2.05) is 0 Å². The van der Waals surface area contributed by atoms with Crippen LogP contribution in [0.3, 0.4) is 0 Å². The molecule has 1 amide bonds. The Bertz CT molecular complexity index is 924. The van der Waals surface area contributed by atoms with Crippen molar-refractivity contribution in [3.63, 3.8) is 0 Å². The Morgan fingerprint density at radius 1 is 1.23 bits per heavy atom. The third-order valence-corrected chi connectivity index (χ3v) is 5.59. The zero-order valence-electron chi connectivity index (χ0n) is 14.4. The van der Waals surface area contributed by atoms with Gasteiger partial charge in [0.1, 0.15) is 0 Å². The number of benzene rings is 1. The molecule has 0 spiro atoms. The summed E-state index contributed by atoms with van der Waals surface area (Å²) in [6.45, 7) is 0. The van der Waals surface area contributed by atoms with Crippen LogP contribution in [0.5, 0.6) is 0 Å². The van der Waals surface area contributed by atoms with Gasteiger partial charge in [-0.2, -0.15) is 0 Å². The molecule has 0 atom stereocenters. The fraction of sp³-hybridized carbons (Fsp3) is 0.353. The number of nitrogens with one attached hydrogen (secondary N) is 2. The molecule has 1 aliphatic rings. The van der Waals surface area contributed by atoms with Gasteiger partial charge in [-0.1, -0.05) is 18.9 Å². The SMILES string of the molecule is CNC(=O)C1(c2ccnc(Nc3cccc(S(N)(=O)=O)c3)n2)CCCC1. The van der Waals surface area contributed by atoms with Crippen molar-refractivity contribution in [2.45, 2.75) is 36.0 Å². The van der Waals surface area contributed by atoms with Crippen LogP contribution in [-0.2, 0) is 20.2 Å². The molecule has 9 heteroatoms. The number of carbonyl (C=O) groups excluding carboxylic acids is 1. The van der Waals surface area contributed by atoms with Crippen LogP contribution in [0.1, 0.15) is 31.4 Å². The lowest BCUT2D eigenvalue weighted by Gasteiger charge is -2.26. The Balaban J connectivity index is 1.92. The first kappa shape index (κ1) is 18.3. The largest absolute Gasteiger partial charge is 0.358 e. The number of nitrogens with zero attached hydrogens (tertiary/aromatic N) is 2. The molecule has 0 unspecified atom stereocenters. The lowest BCUT2D eigenvalue weighted by molar-refractivity contribution is -0.126. The Labute approximate surface area is 152 Å². The van der Waals surface area contributed by atoms with Crippen LogP contribution in [0, 0.1) is 0 Å². The highest BCUT2D eigenvalue weighted by atomic mass is 32.2. The van der Waals surface area contributed by atoms with Gasteiger partial charge in [-0.25, -0.2) is 23.5 Å².